The van der Waals surface area contributed by atoms with Crippen molar-refractivity contribution in [3.8, 4) is 0 Å². The first-order chi connectivity index (χ1) is 9.76. The van der Waals surface area contributed by atoms with Crippen LogP contribution in [0.4, 0.5) is 0 Å². The summed E-state index contributed by atoms with van der Waals surface area (Å²) in [5.41, 5.74) is 3.40. The third-order valence-corrected chi connectivity index (χ3v) is 4.66. The van der Waals surface area contributed by atoms with Gasteiger partial charge in [0.1, 0.15) is 10.8 Å². The molecule has 3 nitrogen and oxygen atoms in total. The summed E-state index contributed by atoms with van der Waals surface area (Å²) in [5, 5.41) is 3.13. The second-order valence-electron chi connectivity index (χ2n) is 4.77. The van der Waals surface area contributed by atoms with Crippen molar-refractivity contribution in [1.29, 1.82) is 0 Å². The molecule has 0 bridgehead atoms. The van der Waals surface area contributed by atoms with Crippen molar-refractivity contribution in [2.75, 3.05) is 0 Å². The third kappa shape index (κ3) is 2.13. The van der Waals surface area contributed by atoms with E-state index in [4.69, 9.17) is 11.6 Å². The zero-order valence-electron chi connectivity index (χ0n) is 11.5. The van der Waals surface area contributed by atoms with Gasteiger partial charge in [-0.05, 0) is 25.0 Å². The number of aryl methyl sites for hydroxylation is 1. The fourth-order valence-corrected chi connectivity index (χ4v) is 3.67. The maximum atomic E-state index is 6.12. The number of hydrogen-bond acceptors (Lipinski definition) is 3. The average molecular weight is 306 g/mol. The number of para-hydroxylation sites is 1. The quantitative estimate of drug-likeness (QED) is 0.663. The predicted molar refractivity (Wildman–Crippen MR) is 84.6 cm³/mol. The number of nitrogens with zero attached hydrogens (tertiary/aromatic N) is 3. The molecule has 0 radical (unpaired) electrons. The number of rotatable bonds is 4. The first kappa shape index (κ1) is 13.6. The van der Waals surface area contributed by atoms with Gasteiger partial charge < -0.3 is 4.57 Å². The zero-order chi connectivity index (χ0) is 14.1. The van der Waals surface area contributed by atoms with Crippen LogP contribution in [0.15, 0.2) is 29.8 Å². The lowest BCUT2D eigenvalue weighted by Gasteiger charge is -2.18. The predicted octanol–water partition coefficient (Wildman–Crippen LogP) is 4.54. The van der Waals surface area contributed by atoms with Gasteiger partial charge in [0.25, 0.3) is 0 Å². The van der Waals surface area contributed by atoms with Crippen LogP contribution in [-0.2, 0) is 5.88 Å². The maximum absolute atomic E-state index is 6.12. The third-order valence-electron chi connectivity index (χ3n) is 3.54. The minimum atomic E-state index is 0.204. The Morgan fingerprint density at radius 2 is 2.25 bits per heavy atom. The van der Waals surface area contributed by atoms with Crippen LogP contribution in [0.2, 0.25) is 0 Å². The minimum absolute atomic E-state index is 0.204. The van der Waals surface area contributed by atoms with E-state index in [0.29, 0.717) is 5.88 Å². The molecule has 3 rings (SSSR count). The molecule has 20 heavy (non-hydrogen) atoms. The zero-order valence-corrected chi connectivity index (χ0v) is 13.1. The second kappa shape index (κ2) is 5.54. The van der Waals surface area contributed by atoms with E-state index in [2.05, 4.69) is 34.4 Å². The van der Waals surface area contributed by atoms with Crippen LogP contribution in [0.25, 0.3) is 11.0 Å². The molecule has 0 fully saturated rings. The summed E-state index contributed by atoms with van der Waals surface area (Å²) in [7, 11) is 0. The molecule has 1 unspecified atom stereocenters. The molecular weight excluding hydrogens is 290 g/mol. The molecule has 0 N–H and O–H groups in total. The molecular formula is C15H16ClN3S. The number of alkyl halides is 1. The van der Waals surface area contributed by atoms with E-state index in [9.17, 15) is 0 Å². The fraction of sp³-hybridized carbons (Fsp3) is 0.333. The van der Waals surface area contributed by atoms with Crippen LogP contribution in [0.3, 0.4) is 0 Å². The van der Waals surface area contributed by atoms with E-state index < -0.39 is 0 Å². The van der Waals surface area contributed by atoms with Crippen LogP contribution in [0.1, 0.15) is 35.8 Å². The monoisotopic (exact) mass is 305 g/mol. The van der Waals surface area contributed by atoms with Gasteiger partial charge in [-0.1, -0.05) is 19.1 Å². The molecule has 2 aromatic heterocycles. The summed E-state index contributed by atoms with van der Waals surface area (Å²) >= 11 is 7.80. The smallest absolute Gasteiger partial charge is 0.125 e. The Hall–Kier alpha value is -1.39. The van der Waals surface area contributed by atoms with Crippen molar-refractivity contribution in [2.24, 2.45) is 0 Å². The van der Waals surface area contributed by atoms with Gasteiger partial charge in [-0.3, -0.25) is 0 Å². The Bertz CT molecular complexity index is 718. The molecule has 0 saturated carbocycles. The van der Waals surface area contributed by atoms with Crippen LogP contribution < -0.4 is 0 Å². The molecule has 0 amide bonds. The van der Waals surface area contributed by atoms with Gasteiger partial charge in [0, 0.05) is 11.6 Å². The van der Waals surface area contributed by atoms with Crippen molar-refractivity contribution < 1.29 is 0 Å². The maximum Gasteiger partial charge on any atom is 0.125 e. The Morgan fingerprint density at radius 1 is 1.40 bits per heavy atom. The summed E-state index contributed by atoms with van der Waals surface area (Å²) < 4.78 is 2.26. The first-order valence-corrected chi connectivity index (χ1v) is 8.09. The molecule has 0 aliphatic heterocycles. The van der Waals surface area contributed by atoms with E-state index in [0.717, 1.165) is 22.8 Å². The van der Waals surface area contributed by atoms with E-state index >= 15 is 0 Å². The SMILES string of the molecule is CCC(c1nccs1)n1c(CCl)nc2cccc(C)c21. The number of aromatic nitrogens is 3. The number of imidazole rings is 1. The van der Waals surface area contributed by atoms with Gasteiger partial charge in [0.15, 0.2) is 0 Å². The lowest BCUT2D eigenvalue weighted by atomic mass is 10.1. The topological polar surface area (TPSA) is 30.7 Å². The molecule has 3 aromatic rings. The van der Waals surface area contributed by atoms with Gasteiger partial charge in [0.2, 0.25) is 0 Å². The Morgan fingerprint density at radius 3 is 2.90 bits per heavy atom. The summed E-state index contributed by atoms with van der Waals surface area (Å²) in [5.74, 6) is 1.33. The van der Waals surface area contributed by atoms with E-state index in [1.54, 1.807) is 11.3 Å². The molecule has 1 atom stereocenters. The summed E-state index contributed by atoms with van der Waals surface area (Å²) in [6, 6.07) is 6.41. The molecule has 0 saturated heterocycles. The minimum Gasteiger partial charge on any atom is -0.317 e. The first-order valence-electron chi connectivity index (χ1n) is 6.68. The largest absolute Gasteiger partial charge is 0.317 e. The standard InChI is InChI=1S/C15H16ClN3S/c1-3-12(15-17-7-8-20-15)19-13(9-16)18-11-6-4-5-10(2)14(11)19/h4-8,12H,3,9H2,1-2H3. The van der Waals surface area contributed by atoms with E-state index in [1.807, 2.05) is 23.7 Å². The van der Waals surface area contributed by atoms with Crippen molar-refractivity contribution in [1.82, 2.24) is 14.5 Å². The second-order valence-corrected chi connectivity index (χ2v) is 5.96. The van der Waals surface area contributed by atoms with Gasteiger partial charge in [-0.2, -0.15) is 0 Å². The summed E-state index contributed by atoms with van der Waals surface area (Å²) in [6.07, 6.45) is 2.83. The molecule has 0 aliphatic rings. The number of thiazole rings is 1. The van der Waals surface area contributed by atoms with Crippen LogP contribution in [-0.4, -0.2) is 14.5 Å². The van der Waals surface area contributed by atoms with Crippen LogP contribution in [0, 0.1) is 6.92 Å². The highest BCUT2D eigenvalue weighted by atomic mass is 35.5. The Kier molecular flexibility index (Phi) is 3.76. The lowest BCUT2D eigenvalue weighted by molar-refractivity contribution is 0.561. The Labute approximate surface area is 127 Å². The van der Waals surface area contributed by atoms with Crippen molar-refractivity contribution >= 4 is 34.0 Å². The average Bonchev–Trinajstić information content (AvgIpc) is 3.08. The fourth-order valence-electron chi connectivity index (χ4n) is 2.67. The van der Waals surface area contributed by atoms with Crippen molar-refractivity contribution in [3.63, 3.8) is 0 Å². The molecule has 0 aliphatic carbocycles. The number of halogens is 1. The normalized spacial score (nSPS) is 12.9. The lowest BCUT2D eigenvalue weighted by Crippen LogP contribution is -2.12. The molecule has 5 heteroatoms. The van der Waals surface area contributed by atoms with Crippen LogP contribution in [0.5, 0.6) is 0 Å². The van der Waals surface area contributed by atoms with E-state index in [1.165, 1.54) is 11.1 Å². The van der Waals surface area contributed by atoms with Crippen molar-refractivity contribution in [2.45, 2.75) is 32.2 Å². The highest BCUT2D eigenvalue weighted by Gasteiger charge is 2.21. The van der Waals surface area contributed by atoms with Gasteiger partial charge in [-0.15, -0.1) is 22.9 Å². The number of hydrogen-bond donors (Lipinski definition) is 0. The summed E-state index contributed by atoms with van der Waals surface area (Å²) in [6.45, 7) is 4.29. The van der Waals surface area contributed by atoms with E-state index in [-0.39, 0.29) is 6.04 Å². The highest BCUT2D eigenvalue weighted by Crippen LogP contribution is 2.31. The van der Waals surface area contributed by atoms with Gasteiger partial charge >= 0.3 is 0 Å². The number of fused-ring (bicyclic) bond motifs is 1. The molecule has 2 heterocycles. The van der Waals surface area contributed by atoms with Crippen molar-refractivity contribution in [3.05, 3.63) is 46.2 Å². The molecule has 1 aromatic carbocycles. The molecule has 104 valence electrons. The van der Waals surface area contributed by atoms with Crippen LogP contribution >= 0.6 is 22.9 Å². The van der Waals surface area contributed by atoms with Gasteiger partial charge in [-0.25, -0.2) is 9.97 Å². The molecule has 0 spiro atoms. The number of benzene rings is 1. The Balaban J connectivity index is 2.28. The van der Waals surface area contributed by atoms with Gasteiger partial charge in [0.05, 0.1) is 23.0 Å². The summed E-state index contributed by atoms with van der Waals surface area (Å²) in [4.78, 5) is 9.16. The highest BCUT2D eigenvalue weighted by molar-refractivity contribution is 7.09.